The molecular formula is C13H17BrFN. The van der Waals surface area contributed by atoms with Gasteiger partial charge in [0, 0.05) is 12.6 Å². The second-order valence-electron chi connectivity index (χ2n) is 4.20. The van der Waals surface area contributed by atoms with Gasteiger partial charge in [0.1, 0.15) is 5.82 Å². The Bertz CT molecular complexity index is 386. The van der Waals surface area contributed by atoms with Crippen molar-refractivity contribution in [2.24, 2.45) is 0 Å². The van der Waals surface area contributed by atoms with Crippen LogP contribution in [0.1, 0.15) is 26.3 Å². The minimum Gasteiger partial charge on any atom is -0.311 e. The summed E-state index contributed by atoms with van der Waals surface area (Å²) in [5.41, 5.74) is 2.08. The van der Waals surface area contributed by atoms with Crippen LogP contribution in [0.5, 0.6) is 0 Å². The van der Waals surface area contributed by atoms with Crippen LogP contribution >= 0.6 is 15.9 Å². The summed E-state index contributed by atoms with van der Waals surface area (Å²) in [5.74, 6) is -0.224. The summed E-state index contributed by atoms with van der Waals surface area (Å²) in [6, 6.07) is 5.62. The maximum Gasteiger partial charge on any atom is 0.137 e. The molecule has 0 atom stereocenters. The second kappa shape index (κ2) is 6.16. The Morgan fingerprint density at radius 3 is 2.75 bits per heavy atom. The first-order chi connectivity index (χ1) is 7.49. The molecule has 1 N–H and O–H groups in total. The minimum atomic E-state index is -0.224. The van der Waals surface area contributed by atoms with E-state index in [0.717, 1.165) is 12.1 Å². The molecular weight excluding hydrogens is 269 g/mol. The summed E-state index contributed by atoms with van der Waals surface area (Å²) in [6.45, 7) is 7.07. The van der Waals surface area contributed by atoms with Crippen LogP contribution in [0.25, 0.3) is 6.08 Å². The molecule has 1 nitrogen and oxygen atoms in total. The molecule has 16 heavy (non-hydrogen) atoms. The van der Waals surface area contributed by atoms with Gasteiger partial charge in [0.05, 0.1) is 4.47 Å². The fraction of sp³-hybridized carbons (Fsp3) is 0.385. The van der Waals surface area contributed by atoms with E-state index in [-0.39, 0.29) is 5.82 Å². The quantitative estimate of drug-likeness (QED) is 0.882. The third-order valence-electron chi connectivity index (χ3n) is 2.15. The van der Waals surface area contributed by atoms with E-state index < -0.39 is 0 Å². The van der Waals surface area contributed by atoms with Crippen LogP contribution in [-0.2, 0) is 0 Å². The molecule has 0 spiro atoms. The first kappa shape index (κ1) is 13.4. The average molecular weight is 286 g/mol. The van der Waals surface area contributed by atoms with Crippen LogP contribution in [-0.4, -0.2) is 12.6 Å². The van der Waals surface area contributed by atoms with Crippen LogP contribution in [0.2, 0.25) is 0 Å². The van der Waals surface area contributed by atoms with Gasteiger partial charge >= 0.3 is 0 Å². The van der Waals surface area contributed by atoms with Crippen LogP contribution < -0.4 is 5.32 Å². The molecule has 0 aliphatic rings. The SMILES string of the molecule is C/C(=C\c1ccc(Br)c(F)c1)CNC(C)C. The summed E-state index contributed by atoms with van der Waals surface area (Å²) in [5, 5.41) is 3.32. The van der Waals surface area contributed by atoms with Crippen LogP contribution in [0.4, 0.5) is 4.39 Å². The van der Waals surface area contributed by atoms with Crippen molar-refractivity contribution in [2.45, 2.75) is 26.8 Å². The van der Waals surface area contributed by atoms with Gasteiger partial charge in [-0.25, -0.2) is 4.39 Å². The van der Waals surface area contributed by atoms with Crippen molar-refractivity contribution < 1.29 is 4.39 Å². The highest BCUT2D eigenvalue weighted by molar-refractivity contribution is 9.10. The first-order valence-electron chi connectivity index (χ1n) is 5.34. The van der Waals surface area contributed by atoms with Gasteiger partial charge < -0.3 is 5.32 Å². The maximum atomic E-state index is 13.3. The highest BCUT2D eigenvalue weighted by Crippen LogP contribution is 2.17. The van der Waals surface area contributed by atoms with E-state index in [0.29, 0.717) is 10.5 Å². The molecule has 0 radical (unpaired) electrons. The van der Waals surface area contributed by atoms with Crippen LogP contribution in [0.3, 0.4) is 0 Å². The van der Waals surface area contributed by atoms with Gasteiger partial charge in [0.2, 0.25) is 0 Å². The molecule has 88 valence electrons. The smallest absolute Gasteiger partial charge is 0.137 e. The van der Waals surface area contributed by atoms with Crippen molar-refractivity contribution in [1.82, 2.24) is 5.32 Å². The lowest BCUT2D eigenvalue weighted by Gasteiger charge is -2.08. The number of nitrogens with one attached hydrogen (secondary N) is 1. The van der Waals surface area contributed by atoms with Gasteiger partial charge in [0.15, 0.2) is 0 Å². The van der Waals surface area contributed by atoms with Crippen molar-refractivity contribution in [3.63, 3.8) is 0 Å². The van der Waals surface area contributed by atoms with Crippen molar-refractivity contribution in [3.05, 3.63) is 39.6 Å². The van der Waals surface area contributed by atoms with E-state index in [1.54, 1.807) is 6.07 Å². The van der Waals surface area contributed by atoms with E-state index in [1.165, 1.54) is 11.6 Å². The largest absolute Gasteiger partial charge is 0.311 e. The normalized spacial score (nSPS) is 12.2. The molecule has 0 saturated carbocycles. The number of hydrogen-bond acceptors (Lipinski definition) is 1. The highest BCUT2D eigenvalue weighted by atomic mass is 79.9. The van der Waals surface area contributed by atoms with Crippen molar-refractivity contribution >= 4 is 22.0 Å². The number of rotatable bonds is 4. The van der Waals surface area contributed by atoms with E-state index in [2.05, 4.69) is 35.1 Å². The van der Waals surface area contributed by atoms with E-state index in [4.69, 9.17) is 0 Å². The molecule has 0 amide bonds. The van der Waals surface area contributed by atoms with Gasteiger partial charge in [-0.3, -0.25) is 0 Å². The van der Waals surface area contributed by atoms with Gasteiger partial charge in [-0.2, -0.15) is 0 Å². The molecule has 1 aromatic carbocycles. The van der Waals surface area contributed by atoms with Gasteiger partial charge in [-0.05, 0) is 40.5 Å². The Morgan fingerprint density at radius 1 is 1.50 bits per heavy atom. The maximum absolute atomic E-state index is 13.3. The number of benzene rings is 1. The standard InChI is InChI=1S/C13H17BrFN/c1-9(2)16-8-10(3)6-11-4-5-12(14)13(15)7-11/h4-7,9,16H,8H2,1-3H3/b10-6+. The average Bonchev–Trinajstić information content (AvgIpc) is 2.21. The molecule has 0 aromatic heterocycles. The third-order valence-corrected chi connectivity index (χ3v) is 2.79. The summed E-state index contributed by atoms with van der Waals surface area (Å²) in [6.07, 6.45) is 1.99. The van der Waals surface area contributed by atoms with Crippen LogP contribution in [0, 0.1) is 5.82 Å². The Morgan fingerprint density at radius 2 is 2.19 bits per heavy atom. The Kier molecular flexibility index (Phi) is 5.16. The third kappa shape index (κ3) is 4.45. The predicted octanol–water partition coefficient (Wildman–Crippen LogP) is 3.99. The molecule has 0 saturated heterocycles. The minimum absolute atomic E-state index is 0.224. The summed E-state index contributed by atoms with van der Waals surface area (Å²) in [7, 11) is 0. The Hall–Kier alpha value is -0.670. The zero-order valence-corrected chi connectivity index (χ0v) is 11.4. The Labute approximate surface area is 105 Å². The molecule has 1 aromatic rings. The molecule has 0 heterocycles. The van der Waals surface area contributed by atoms with Crippen LogP contribution in [0.15, 0.2) is 28.2 Å². The predicted molar refractivity (Wildman–Crippen MR) is 70.9 cm³/mol. The van der Waals surface area contributed by atoms with E-state index in [9.17, 15) is 4.39 Å². The number of halogens is 2. The molecule has 0 fully saturated rings. The fourth-order valence-electron chi connectivity index (χ4n) is 1.30. The topological polar surface area (TPSA) is 12.0 Å². The van der Waals surface area contributed by atoms with Crippen molar-refractivity contribution in [3.8, 4) is 0 Å². The van der Waals surface area contributed by atoms with E-state index in [1.807, 2.05) is 19.1 Å². The van der Waals surface area contributed by atoms with Crippen molar-refractivity contribution in [1.29, 1.82) is 0 Å². The summed E-state index contributed by atoms with van der Waals surface area (Å²) < 4.78 is 13.8. The Balaban J connectivity index is 2.70. The molecule has 3 heteroatoms. The molecule has 0 unspecified atom stereocenters. The zero-order chi connectivity index (χ0) is 12.1. The molecule has 0 aliphatic heterocycles. The first-order valence-corrected chi connectivity index (χ1v) is 6.14. The summed E-state index contributed by atoms with van der Waals surface area (Å²) in [4.78, 5) is 0. The molecule has 0 bridgehead atoms. The lowest BCUT2D eigenvalue weighted by molar-refractivity contribution is 0.619. The molecule has 0 aliphatic carbocycles. The second-order valence-corrected chi connectivity index (χ2v) is 5.05. The molecule has 1 rings (SSSR count). The lowest BCUT2D eigenvalue weighted by Crippen LogP contribution is -2.24. The monoisotopic (exact) mass is 285 g/mol. The summed E-state index contributed by atoms with van der Waals surface area (Å²) >= 11 is 3.14. The van der Waals surface area contributed by atoms with Gasteiger partial charge in [-0.15, -0.1) is 0 Å². The zero-order valence-electron chi connectivity index (χ0n) is 9.85. The highest BCUT2D eigenvalue weighted by Gasteiger charge is 1.99. The fourth-order valence-corrected chi connectivity index (χ4v) is 1.55. The van der Waals surface area contributed by atoms with Gasteiger partial charge in [0.25, 0.3) is 0 Å². The lowest BCUT2D eigenvalue weighted by atomic mass is 10.1. The van der Waals surface area contributed by atoms with Crippen molar-refractivity contribution in [2.75, 3.05) is 6.54 Å². The van der Waals surface area contributed by atoms with Gasteiger partial charge in [-0.1, -0.05) is 31.6 Å². The number of hydrogen-bond donors (Lipinski definition) is 1. The van der Waals surface area contributed by atoms with E-state index >= 15 is 0 Å².